The van der Waals surface area contributed by atoms with E-state index in [9.17, 15) is 13.2 Å². The summed E-state index contributed by atoms with van der Waals surface area (Å²) < 4.78 is 32.3. The third kappa shape index (κ3) is 5.38. The topological polar surface area (TPSA) is 87.7 Å². The van der Waals surface area contributed by atoms with Crippen molar-refractivity contribution in [1.82, 2.24) is 9.62 Å². The minimum Gasteiger partial charge on any atom is -0.495 e. The molecule has 1 amide bonds. The molecule has 8 heteroatoms. The van der Waals surface area contributed by atoms with Gasteiger partial charge in [-0.3, -0.25) is 4.79 Å². The molecule has 0 saturated carbocycles. The third-order valence-electron chi connectivity index (χ3n) is 5.25. The van der Waals surface area contributed by atoms with Crippen LogP contribution in [0.25, 0.3) is 0 Å². The van der Waals surface area contributed by atoms with Gasteiger partial charge in [-0.25, -0.2) is 8.42 Å². The first-order valence-electron chi connectivity index (χ1n) is 10.2. The molecule has 1 heterocycles. The minimum atomic E-state index is -3.43. The van der Waals surface area contributed by atoms with Gasteiger partial charge in [0.05, 0.1) is 23.7 Å². The van der Waals surface area contributed by atoms with Crippen LogP contribution in [0.15, 0.2) is 53.4 Å². The van der Waals surface area contributed by atoms with Crippen molar-refractivity contribution in [2.24, 2.45) is 0 Å². The Bertz CT molecular complexity index is 955. The summed E-state index contributed by atoms with van der Waals surface area (Å²) in [6.45, 7) is 3.40. The molecule has 0 aromatic heterocycles. The van der Waals surface area contributed by atoms with Crippen LogP contribution in [0.2, 0.25) is 0 Å². The van der Waals surface area contributed by atoms with E-state index in [1.165, 1.54) is 0 Å². The molecule has 2 N–H and O–H groups in total. The molecule has 7 nitrogen and oxygen atoms in total. The Balaban J connectivity index is 1.56. The number of ether oxygens (including phenoxy) is 1. The molecule has 2 aromatic carbocycles. The number of hydrogen-bond donors (Lipinski definition) is 2. The lowest BCUT2D eigenvalue weighted by Crippen LogP contribution is -2.37. The Hall–Kier alpha value is -2.42. The Morgan fingerprint density at radius 1 is 1.07 bits per heavy atom. The van der Waals surface area contributed by atoms with Crippen LogP contribution < -0.4 is 15.4 Å². The first-order valence-corrected chi connectivity index (χ1v) is 11.6. The van der Waals surface area contributed by atoms with Gasteiger partial charge < -0.3 is 15.4 Å². The van der Waals surface area contributed by atoms with Crippen molar-refractivity contribution in [2.75, 3.05) is 25.5 Å². The van der Waals surface area contributed by atoms with Crippen LogP contribution in [0.5, 0.6) is 5.75 Å². The van der Waals surface area contributed by atoms with E-state index in [2.05, 4.69) is 10.6 Å². The predicted molar refractivity (Wildman–Crippen MR) is 117 cm³/mol. The normalized spacial score (nSPS) is 16.1. The number of hydrogen-bond acceptors (Lipinski definition) is 5. The van der Waals surface area contributed by atoms with Gasteiger partial charge in [-0.05, 0) is 49.6 Å². The zero-order valence-corrected chi connectivity index (χ0v) is 18.2. The smallest absolute Gasteiger partial charge is 0.243 e. The Morgan fingerprint density at radius 2 is 1.73 bits per heavy atom. The highest BCUT2D eigenvalue weighted by Crippen LogP contribution is 2.23. The van der Waals surface area contributed by atoms with E-state index in [-0.39, 0.29) is 5.91 Å². The molecule has 2 aromatic rings. The van der Waals surface area contributed by atoms with Crippen molar-refractivity contribution in [2.45, 2.75) is 43.7 Å². The van der Waals surface area contributed by atoms with Gasteiger partial charge in [0.15, 0.2) is 0 Å². The van der Waals surface area contributed by atoms with E-state index in [0.29, 0.717) is 36.0 Å². The second-order valence-corrected chi connectivity index (χ2v) is 9.34. The number of amides is 1. The maximum absolute atomic E-state index is 12.7. The van der Waals surface area contributed by atoms with E-state index in [4.69, 9.17) is 4.74 Å². The molecular formula is C22H29N3O4S. The van der Waals surface area contributed by atoms with Gasteiger partial charge >= 0.3 is 0 Å². The number of para-hydroxylation sites is 2. The minimum absolute atomic E-state index is 0.177. The van der Waals surface area contributed by atoms with E-state index in [1.54, 1.807) is 54.7 Å². The molecule has 3 rings (SSSR count). The van der Waals surface area contributed by atoms with E-state index < -0.39 is 16.1 Å². The van der Waals surface area contributed by atoms with Gasteiger partial charge in [-0.1, -0.05) is 30.7 Å². The maximum atomic E-state index is 12.7. The molecule has 0 aliphatic carbocycles. The molecule has 0 radical (unpaired) electrons. The Kier molecular flexibility index (Phi) is 7.47. The molecule has 1 aliphatic rings. The highest BCUT2D eigenvalue weighted by molar-refractivity contribution is 7.89. The first kappa shape index (κ1) is 22.3. The molecular weight excluding hydrogens is 402 g/mol. The third-order valence-corrected chi connectivity index (χ3v) is 7.16. The summed E-state index contributed by atoms with van der Waals surface area (Å²) in [5.74, 6) is 0.423. The van der Waals surface area contributed by atoms with Crippen molar-refractivity contribution in [1.29, 1.82) is 0 Å². The van der Waals surface area contributed by atoms with Crippen LogP contribution >= 0.6 is 0 Å². The highest BCUT2D eigenvalue weighted by atomic mass is 32.2. The van der Waals surface area contributed by atoms with Gasteiger partial charge in [0.2, 0.25) is 15.9 Å². The SMILES string of the molecule is COc1ccccc1NC(=O)[C@H](C)NCc1ccc(S(=O)(=O)N2CCCCC2)cc1. The van der Waals surface area contributed by atoms with Crippen LogP contribution in [0.3, 0.4) is 0 Å². The molecule has 1 saturated heterocycles. The van der Waals surface area contributed by atoms with Crippen molar-refractivity contribution in [3.63, 3.8) is 0 Å². The number of piperidine rings is 1. The first-order chi connectivity index (χ1) is 14.4. The fourth-order valence-electron chi connectivity index (χ4n) is 3.39. The van der Waals surface area contributed by atoms with Crippen molar-refractivity contribution >= 4 is 21.6 Å². The van der Waals surface area contributed by atoms with Gasteiger partial charge in [0.1, 0.15) is 5.75 Å². The summed E-state index contributed by atoms with van der Waals surface area (Å²) in [4.78, 5) is 12.8. The monoisotopic (exact) mass is 431 g/mol. The number of carbonyl (C=O) groups excluding carboxylic acids is 1. The number of anilines is 1. The number of methoxy groups -OCH3 is 1. The largest absolute Gasteiger partial charge is 0.495 e. The van der Waals surface area contributed by atoms with Crippen LogP contribution in [0.1, 0.15) is 31.7 Å². The lowest BCUT2D eigenvalue weighted by Gasteiger charge is -2.25. The number of nitrogens with one attached hydrogen (secondary N) is 2. The molecule has 162 valence electrons. The van der Waals surface area contributed by atoms with Crippen LogP contribution in [-0.2, 0) is 21.4 Å². The number of carbonyl (C=O) groups is 1. The molecule has 0 unspecified atom stereocenters. The average molecular weight is 432 g/mol. The van der Waals surface area contributed by atoms with Crippen LogP contribution in [0.4, 0.5) is 5.69 Å². The molecule has 1 aliphatic heterocycles. The second kappa shape index (κ2) is 10.1. The average Bonchev–Trinajstić information content (AvgIpc) is 2.78. The van der Waals surface area contributed by atoms with Gasteiger partial charge in [-0.2, -0.15) is 4.31 Å². The number of benzene rings is 2. The standard InChI is InChI=1S/C22H29N3O4S/c1-17(22(26)24-20-8-4-5-9-21(20)29-2)23-16-18-10-12-19(13-11-18)30(27,28)25-14-6-3-7-15-25/h4-5,8-13,17,23H,3,6-7,14-16H2,1-2H3,(H,24,26)/t17-/m0/s1. The van der Waals surface area contributed by atoms with Crippen molar-refractivity contribution < 1.29 is 17.9 Å². The number of nitrogens with zero attached hydrogens (tertiary/aromatic N) is 1. The van der Waals surface area contributed by atoms with Crippen molar-refractivity contribution in [3.05, 3.63) is 54.1 Å². The summed E-state index contributed by atoms with van der Waals surface area (Å²) >= 11 is 0. The van der Waals surface area contributed by atoms with Crippen LogP contribution in [-0.4, -0.2) is 44.9 Å². The fraction of sp³-hybridized carbons (Fsp3) is 0.409. The zero-order valence-electron chi connectivity index (χ0n) is 17.4. The molecule has 0 spiro atoms. The Labute approximate surface area is 178 Å². The lowest BCUT2D eigenvalue weighted by atomic mass is 10.2. The summed E-state index contributed by atoms with van der Waals surface area (Å²) in [6, 6.07) is 13.6. The number of sulfonamides is 1. The number of rotatable bonds is 8. The molecule has 0 bridgehead atoms. The Morgan fingerprint density at radius 3 is 2.40 bits per heavy atom. The quantitative estimate of drug-likeness (QED) is 0.671. The summed E-state index contributed by atoms with van der Waals surface area (Å²) in [5, 5.41) is 6.02. The summed E-state index contributed by atoms with van der Waals surface area (Å²) in [5.41, 5.74) is 1.52. The second-order valence-electron chi connectivity index (χ2n) is 7.40. The van der Waals surface area contributed by atoms with Crippen LogP contribution in [0, 0.1) is 0 Å². The van der Waals surface area contributed by atoms with E-state index in [1.807, 2.05) is 12.1 Å². The zero-order chi connectivity index (χ0) is 21.6. The fourth-order valence-corrected chi connectivity index (χ4v) is 4.90. The van der Waals surface area contributed by atoms with Gasteiger partial charge in [0, 0.05) is 19.6 Å². The summed E-state index contributed by atoms with van der Waals surface area (Å²) in [6.07, 6.45) is 2.91. The maximum Gasteiger partial charge on any atom is 0.243 e. The van der Waals surface area contributed by atoms with E-state index >= 15 is 0 Å². The highest BCUT2D eigenvalue weighted by Gasteiger charge is 2.25. The summed E-state index contributed by atoms with van der Waals surface area (Å²) in [7, 11) is -1.87. The molecule has 30 heavy (non-hydrogen) atoms. The van der Waals surface area contributed by atoms with E-state index in [0.717, 1.165) is 24.8 Å². The van der Waals surface area contributed by atoms with Crippen molar-refractivity contribution in [3.8, 4) is 5.75 Å². The van der Waals surface area contributed by atoms with Gasteiger partial charge in [-0.15, -0.1) is 0 Å². The lowest BCUT2D eigenvalue weighted by molar-refractivity contribution is -0.117. The predicted octanol–water partition coefficient (Wildman–Crippen LogP) is 2.99. The van der Waals surface area contributed by atoms with Gasteiger partial charge in [0.25, 0.3) is 0 Å². The molecule has 1 fully saturated rings. The molecule has 1 atom stereocenters.